The van der Waals surface area contributed by atoms with Crippen molar-refractivity contribution in [3.05, 3.63) is 48.0 Å². The van der Waals surface area contributed by atoms with Crippen LogP contribution in [0.1, 0.15) is 11.1 Å². The molecule has 1 saturated heterocycles. The van der Waals surface area contributed by atoms with Crippen LogP contribution in [0.2, 0.25) is 0 Å². The predicted molar refractivity (Wildman–Crippen MR) is 70.0 cm³/mol. The second-order valence-corrected chi connectivity index (χ2v) is 5.16. The van der Waals surface area contributed by atoms with Crippen LogP contribution in [0, 0.1) is 12.8 Å². The third kappa shape index (κ3) is 2.59. The summed E-state index contributed by atoms with van der Waals surface area (Å²) in [5.41, 5.74) is 2.58. The van der Waals surface area contributed by atoms with Crippen LogP contribution in [0.4, 0.5) is 0 Å². The van der Waals surface area contributed by atoms with Crippen molar-refractivity contribution in [3.63, 3.8) is 0 Å². The zero-order valence-corrected chi connectivity index (χ0v) is 10.7. The van der Waals surface area contributed by atoms with E-state index in [1.807, 2.05) is 18.6 Å². The van der Waals surface area contributed by atoms with E-state index < -0.39 is 0 Å². The molecule has 0 aromatic carbocycles. The summed E-state index contributed by atoms with van der Waals surface area (Å²) in [4.78, 5) is 6.51. The molecule has 4 heteroatoms. The fourth-order valence-corrected chi connectivity index (χ4v) is 2.50. The SMILES string of the molecule is Cc1cnn(CC2CN(Cc3ccncc3)C2)c1. The number of aryl methyl sites for hydroxylation is 1. The molecule has 18 heavy (non-hydrogen) atoms. The summed E-state index contributed by atoms with van der Waals surface area (Å²) in [6.07, 6.45) is 7.76. The molecule has 0 unspecified atom stereocenters. The summed E-state index contributed by atoms with van der Waals surface area (Å²) < 4.78 is 2.06. The fraction of sp³-hybridized carbons (Fsp3) is 0.429. The molecule has 1 fully saturated rings. The highest BCUT2D eigenvalue weighted by Gasteiger charge is 2.26. The van der Waals surface area contributed by atoms with E-state index in [1.54, 1.807) is 0 Å². The van der Waals surface area contributed by atoms with E-state index in [1.165, 1.54) is 24.2 Å². The van der Waals surface area contributed by atoms with Gasteiger partial charge < -0.3 is 0 Å². The Morgan fingerprint density at radius 3 is 2.72 bits per heavy atom. The summed E-state index contributed by atoms with van der Waals surface area (Å²) in [5.74, 6) is 0.742. The molecule has 0 amide bonds. The van der Waals surface area contributed by atoms with Gasteiger partial charge in [0.05, 0.1) is 6.20 Å². The maximum absolute atomic E-state index is 4.34. The molecule has 0 aliphatic carbocycles. The quantitative estimate of drug-likeness (QED) is 0.818. The van der Waals surface area contributed by atoms with Crippen LogP contribution in [-0.2, 0) is 13.1 Å². The molecule has 4 nitrogen and oxygen atoms in total. The van der Waals surface area contributed by atoms with Gasteiger partial charge in [-0.05, 0) is 30.2 Å². The van der Waals surface area contributed by atoms with Crippen LogP contribution < -0.4 is 0 Å². The van der Waals surface area contributed by atoms with E-state index in [4.69, 9.17) is 0 Å². The van der Waals surface area contributed by atoms with Gasteiger partial charge in [-0.2, -0.15) is 5.10 Å². The molecular formula is C14H18N4. The molecule has 3 rings (SSSR count). The third-order valence-electron chi connectivity index (χ3n) is 3.40. The zero-order chi connectivity index (χ0) is 12.4. The van der Waals surface area contributed by atoms with Gasteiger partial charge in [-0.25, -0.2) is 0 Å². The van der Waals surface area contributed by atoms with Gasteiger partial charge in [0, 0.05) is 50.7 Å². The second-order valence-electron chi connectivity index (χ2n) is 5.16. The maximum Gasteiger partial charge on any atom is 0.0518 e. The van der Waals surface area contributed by atoms with Crippen LogP contribution in [0.3, 0.4) is 0 Å². The lowest BCUT2D eigenvalue weighted by Gasteiger charge is -2.39. The number of pyridine rings is 1. The first kappa shape index (κ1) is 11.4. The van der Waals surface area contributed by atoms with Crippen molar-refractivity contribution in [1.29, 1.82) is 0 Å². The first-order valence-electron chi connectivity index (χ1n) is 6.40. The Morgan fingerprint density at radius 1 is 1.28 bits per heavy atom. The highest BCUT2D eigenvalue weighted by Crippen LogP contribution is 2.19. The van der Waals surface area contributed by atoms with Crippen molar-refractivity contribution in [3.8, 4) is 0 Å². The van der Waals surface area contributed by atoms with E-state index in [0.717, 1.165) is 19.0 Å². The van der Waals surface area contributed by atoms with E-state index in [9.17, 15) is 0 Å². The Morgan fingerprint density at radius 2 is 2.06 bits per heavy atom. The number of likely N-dealkylation sites (tertiary alicyclic amines) is 1. The second kappa shape index (κ2) is 4.90. The molecule has 1 aliphatic heterocycles. The van der Waals surface area contributed by atoms with Crippen LogP contribution >= 0.6 is 0 Å². The number of hydrogen-bond acceptors (Lipinski definition) is 3. The Kier molecular flexibility index (Phi) is 3.11. The van der Waals surface area contributed by atoms with Gasteiger partial charge in [0.15, 0.2) is 0 Å². The standard InChI is InChI=1S/C14H18N4/c1-12-6-16-18(7-12)11-14-9-17(10-14)8-13-2-4-15-5-3-13/h2-7,14H,8-11H2,1H3. The van der Waals surface area contributed by atoms with Gasteiger partial charge in [-0.1, -0.05) is 0 Å². The minimum Gasteiger partial charge on any atom is -0.298 e. The van der Waals surface area contributed by atoms with Crippen molar-refractivity contribution in [1.82, 2.24) is 19.7 Å². The summed E-state index contributed by atoms with van der Waals surface area (Å²) in [5, 5.41) is 4.34. The van der Waals surface area contributed by atoms with Crippen LogP contribution in [0.5, 0.6) is 0 Å². The maximum atomic E-state index is 4.34. The normalized spacial score (nSPS) is 16.7. The molecule has 0 bridgehead atoms. The highest BCUT2D eigenvalue weighted by atomic mass is 15.3. The number of aromatic nitrogens is 3. The van der Waals surface area contributed by atoms with E-state index in [-0.39, 0.29) is 0 Å². The van der Waals surface area contributed by atoms with Gasteiger partial charge in [-0.15, -0.1) is 0 Å². The lowest BCUT2D eigenvalue weighted by atomic mass is 9.99. The third-order valence-corrected chi connectivity index (χ3v) is 3.40. The van der Waals surface area contributed by atoms with Crippen molar-refractivity contribution in [2.24, 2.45) is 5.92 Å². The monoisotopic (exact) mass is 242 g/mol. The number of rotatable bonds is 4. The van der Waals surface area contributed by atoms with Gasteiger partial charge in [0.25, 0.3) is 0 Å². The largest absolute Gasteiger partial charge is 0.298 e. The molecule has 3 heterocycles. The lowest BCUT2D eigenvalue weighted by molar-refractivity contribution is 0.0777. The van der Waals surface area contributed by atoms with Crippen molar-refractivity contribution >= 4 is 0 Å². The Balaban J connectivity index is 1.46. The van der Waals surface area contributed by atoms with E-state index in [2.05, 4.69) is 44.9 Å². The van der Waals surface area contributed by atoms with Gasteiger partial charge in [0.2, 0.25) is 0 Å². The van der Waals surface area contributed by atoms with Gasteiger partial charge >= 0.3 is 0 Å². The first-order valence-corrected chi connectivity index (χ1v) is 6.40. The smallest absolute Gasteiger partial charge is 0.0518 e. The minimum atomic E-state index is 0.742. The highest BCUT2D eigenvalue weighted by molar-refractivity contribution is 5.10. The topological polar surface area (TPSA) is 34.0 Å². The van der Waals surface area contributed by atoms with E-state index >= 15 is 0 Å². The molecule has 0 atom stereocenters. The molecule has 0 radical (unpaired) electrons. The van der Waals surface area contributed by atoms with Gasteiger partial charge in [0.1, 0.15) is 0 Å². The van der Waals surface area contributed by atoms with Crippen molar-refractivity contribution < 1.29 is 0 Å². The minimum absolute atomic E-state index is 0.742. The predicted octanol–water partition coefficient (Wildman–Crippen LogP) is 1.72. The Bertz CT molecular complexity index is 500. The molecule has 0 N–H and O–H groups in total. The average Bonchev–Trinajstić information content (AvgIpc) is 2.73. The summed E-state index contributed by atoms with van der Waals surface area (Å²) in [6, 6.07) is 4.17. The van der Waals surface area contributed by atoms with Crippen LogP contribution in [-0.4, -0.2) is 32.8 Å². The number of nitrogens with zero attached hydrogens (tertiary/aromatic N) is 4. The number of hydrogen-bond donors (Lipinski definition) is 0. The average molecular weight is 242 g/mol. The summed E-state index contributed by atoms with van der Waals surface area (Å²) >= 11 is 0. The van der Waals surface area contributed by atoms with Gasteiger partial charge in [-0.3, -0.25) is 14.6 Å². The molecule has 0 spiro atoms. The fourth-order valence-electron chi connectivity index (χ4n) is 2.50. The summed E-state index contributed by atoms with van der Waals surface area (Å²) in [7, 11) is 0. The van der Waals surface area contributed by atoms with E-state index in [0.29, 0.717) is 0 Å². The molecular weight excluding hydrogens is 224 g/mol. The van der Waals surface area contributed by atoms with Crippen LogP contribution in [0.25, 0.3) is 0 Å². The molecule has 1 aliphatic rings. The Hall–Kier alpha value is -1.68. The summed E-state index contributed by atoms with van der Waals surface area (Å²) in [6.45, 7) is 6.50. The molecule has 0 saturated carbocycles. The zero-order valence-electron chi connectivity index (χ0n) is 10.7. The van der Waals surface area contributed by atoms with Crippen molar-refractivity contribution in [2.45, 2.75) is 20.0 Å². The van der Waals surface area contributed by atoms with Crippen molar-refractivity contribution in [2.75, 3.05) is 13.1 Å². The van der Waals surface area contributed by atoms with Crippen LogP contribution in [0.15, 0.2) is 36.9 Å². The first-order chi connectivity index (χ1) is 8.79. The molecule has 2 aromatic heterocycles. The lowest BCUT2D eigenvalue weighted by Crippen LogP contribution is -2.47. The Labute approximate surface area is 107 Å². The molecule has 94 valence electrons. The molecule has 2 aromatic rings.